The molecular weight excluding hydrogens is 310 g/mol. The van der Waals surface area contributed by atoms with E-state index in [1.165, 1.54) is 15.6 Å². The Kier molecular flexibility index (Phi) is 4.72. The lowest BCUT2D eigenvalue weighted by Gasteiger charge is -2.36. The van der Waals surface area contributed by atoms with E-state index in [-0.39, 0.29) is 11.9 Å². The molecule has 1 aromatic rings. The van der Waals surface area contributed by atoms with Crippen LogP contribution in [0.25, 0.3) is 0 Å². The largest absolute Gasteiger partial charge is 0.368 e. The number of nitrogens with zero attached hydrogens (tertiary/aromatic N) is 2. The van der Waals surface area contributed by atoms with Gasteiger partial charge >= 0.3 is 0 Å². The molecule has 2 rings (SSSR count). The Bertz CT molecular complexity index is 631. The van der Waals surface area contributed by atoms with Gasteiger partial charge < -0.3 is 5.73 Å². The first-order valence-electron chi connectivity index (χ1n) is 6.84. The van der Waals surface area contributed by atoms with Crippen molar-refractivity contribution in [3.8, 4) is 0 Å². The average Bonchev–Trinajstić information content (AvgIpc) is 2.77. The molecule has 1 fully saturated rings. The predicted octanol–water partition coefficient (Wildman–Crippen LogP) is 0.545. The van der Waals surface area contributed by atoms with E-state index in [1.807, 2.05) is 18.7 Å². The second-order valence-electron chi connectivity index (χ2n) is 5.30. The van der Waals surface area contributed by atoms with Crippen LogP contribution in [0.2, 0.25) is 0 Å². The van der Waals surface area contributed by atoms with E-state index in [0.717, 1.165) is 9.75 Å². The number of sulfonamides is 1. The molecule has 118 valence electrons. The number of piperazine rings is 1. The van der Waals surface area contributed by atoms with E-state index in [0.29, 0.717) is 31.1 Å². The molecule has 0 aliphatic carbocycles. The maximum absolute atomic E-state index is 12.7. The maximum atomic E-state index is 12.7. The topological polar surface area (TPSA) is 83.7 Å². The van der Waals surface area contributed by atoms with Crippen molar-refractivity contribution in [2.75, 3.05) is 26.2 Å². The number of rotatable bonds is 4. The van der Waals surface area contributed by atoms with Gasteiger partial charge in [-0.1, -0.05) is 0 Å². The zero-order chi connectivity index (χ0) is 15.8. The molecule has 6 nitrogen and oxygen atoms in total. The van der Waals surface area contributed by atoms with Crippen molar-refractivity contribution in [1.82, 2.24) is 9.21 Å². The smallest absolute Gasteiger partial charge is 0.244 e. The van der Waals surface area contributed by atoms with Gasteiger partial charge in [-0.15, -0.1) is 11.3 Å². The molecule has 0 saturated carbocycles. The van der Waals surface area contributed by atoms with Gasteiger partial charge in [0.05, 0.1) is 10.9 Å². The van der Waals surface area contributed by atoms with Crippen LogP contribution < -0.4 is 5.73 Å². The quantitative estimate of drug-likeness (QED) is 0.873. The maximum Gasteiger partial charge on any atom is 0.244 e. The molecule has 0 bridgehead atoms. The number of nitrogens with two attached hydrogens (primary N) is 1. The lowest BCUT2D eigenvalue weighted by Crippen LogP contribution is -2.54. The minimum Gasteiger partial charge on any atom is -0.368 e. The van der Waals surface area contributed by atoms with Crippen LogP contribution in [0.15, 0.2) is 11.0 Å². The van der Waals surface area contributed by atoms with E-state index < -0.39 is 10.0 Å². The predicted molar refractivity (Wildman–Crippen MR) is 82.8 cm³/mol. The monoisotopic (exact) mass is 331 g/mol. The fraction of sp³-hybridized carbons (Fsp3) is 0.615. The summed E-state index contributed by atoms with van der Waals surface area (Å²) in [7, 11) is -3.44. The van der Waals surface area contributed by atoms with Crippen molar-refractivity contribution in [2.24, 2.45) is 5.73 Å². The van der Waals surface area contributed by atoms with Crippen molar-refractivity contribution < 1.29 is 13.2 Å². The summed E-state index contributed by atoms with van der Waals surface area (Å²) in [4.78, 5) is 15.3. The zero-order valence-corrected chi connectivity index (χ0v) is 14.1. The molecule has 1 aliphatic heterocycles. The van der Waals surface area contributed by atoms with Gasteiger partial charge in [0.15, 0.2) is 0 Å². The second-order valence-corrected chi connectivity index (χ2v) is 8.66. The minimum atomic E-state index is -3.44. The number of primary amides is 1. The van der Waals surface area contributed by atoms with Crippen molar-refractivity contribution >= 4 is 27.3 Å². The van der Waals surface area contributed by atoms with Gasteiger partial charge in [0.1, 0.15) is 0 Å². The molecule has 0 unspecified atom stereocenters. The van der Waals surface area contributed by atoms with Crippen LogP contribution in [0.4, 0.5) is 0 Å². The first-order valence-corrected chi connectivity index (χ1v) is 9.09. The zero-order valence-electron chi connectivity index (χ0n) is 12.5. The highest BCUT2D eigenvalue weighted by Crippen LogP contribution is 2.28. The van der Waals surface area contributed by atoms with Gasteiger partial charge in [-0.2, -0.15) is 4.31 Å². The van der Waals surface area contributed by atoms with E-state index in [9.17, 15) is 13.2 Å². The van der Waals surface area contributed by atoms with Crippen LogP contribution in [0.3, 0.4) is 0 Å². The van der Waals surface area contributed by atoms with E-state index in [4.69, 9.17) is 5.73 Å². The van der Waals surface area contributed by atoms with Crippen LogP contribution >= 0.6 is 11.3 Å². The summed E-state index contributed by atoms with van der Waals surface area (Å²) in [5, 5.41) is 0. The molecule has 8 heteroatoms. The number of hydrogen-bond donors (Lipinski definition) is 1. The highest BCUT2D eigenvalue weighted by molar-refractivity contribution is 7.89. The fourth-order valence-corrected chi connectivity index (χ4v) is 5.46. The Morgan fingerprint density at radius 2 is 1.86 bits per heavy atom. The molecule has 0 radical (unpaired) electrons. The van der Waals surface area contributed by atoms with Gasteiger partial charge in [-0.05, 0) is 26.8 Å². The second kappa shape index (κ2) is 6.04. The molecule has 0 spiro atoms. The third kappa shape index (κ3) is 3.28. The first-order chi connectivity index (χ1) is 9.73. The average molecular weight is 331 g/mol. The van der Waals surface area contributed by atoms with E-state index in [1.54, 1.807) is 13.0 Å². The van der Waals surface area contributed by atoms with Crippen LogP contribution in [-0.2, 0) is 14.8 Å². The van der Waals surface area contributed by atoms with E-state index in [2.05, 4.69) is 0 Å². The summed E-state index contributed by atoms with van der Waals surface area (Å²) < 4.78 is 26.8. The molecule has 0 aromatic carbocycles. The van der Waals surface area contributed by atoms with Gasteiger partial charge in [-0.3, -0.25) is 9.69 Å². The lowest BCUT2D eigenvalue weighted by atomic mass is 10.2. The molecule has 1 aliphatic rings. The summed E-state index contributed by atoms with van der Waals surface area (Å²) in [6, 6.07) is 1.37. The van der Waals surface area contributed by atoms with Gasteiger partial charge in [-0.25, -0.2) is 8.42 Å². The SMILES string of the molecule is Cc1cc(S(=O)(=O)N2CCN([C@H](C)C(N)=O)CC2)c(C)s1. The third-order valence-corrected chi connectivity index (χ3v) is 6.97. The van der Waals surface area contributed by atoms with Gasteiger partial charge in [0.25, 0.3) is 0 Å². The number of carbonyl (C=O) groups excluding carboxylic acids is 1. The number of aryl methyl sites for hydroxylation is 2. The van der Waals surface area contributed by atoms with Crippen molar-refractivity contribution in [1.29, 1.82) is 0 Å². The third-order valence-electron chi connectivity index (χ3n) is 3.85. The normalized spacial score (nSPS) is 19.6. The summed E-state index contributed by atoms with van der Waals surface area (Å²) >= 11 is 1.49. The Balaban J connectivity index is 2.11. The Labute approximate surface area is 129 Å². The molecule has 1 saturated heterocycles. The van der Waals surface area contributed by atoms with Crippen LogP contribution in [-0.4, -0.2) is 55.8 Å². The number of amides is 1. The fourth-order valence-electron chi connectivity index (χ4n) is 2.51. The Morgan fingerprint density at radius 3 is 2.29 bits per heavy atom. The van der Waals surface area contributed by atoms with Crippen molar-refractivity contribution in [3.63, 3.8) is 0 Å². The highest BCUT2D eigenvalue weighted by atomic mass is 32.2. The molecule has 21 heavy (non-hydrogen) atoms. The summed E-state index contributed by atoms with van der Waals surface area (Å²) in [5.41, 5.74) is 5.29. The van der Waals surface area contributed by atoms with Crippen LogP contribution in [0.1, 0.15) is 16.7 Å². The minimum absolute atomic E-state index is 0.361. The van der Waals surface area contributed by atoms with Gasteiger partial charge in [0, 0.05) is 35.9 Å². The number of thiophene rings is 1. The summed E-state index contributed by atoms with van der Waals surface area (Å²) in [6.45, 7) is 7.29. The standard InChI is InChI=1S/C13H21N3O3S2/c1-9-8-12(11(3)20-9)21(18,19)16-6-4-15(5-7-16)10(2)13(14)17/h8,10H,4-7H2,1-3H3,(H2,14,17)/t10-/m1/s1. The van der Waals surface area contributed by atoms with Crippen LogP contribution in [0, 0.1) is 13.8 Å². The molecular formula is C13H21N3O3S2. The molecule has 2 heterocycles. The summed E-state index contributed by atoms with van der Waals surface area (Å²) in [6.07, 6.45) is 0. The first kappa shape index (κ1) is 16.4. The molecule has 1 aromatic heterocycles. The number of hydrogen-bond acceptors (Lipinski definition) is 5. The Morgan fingerprint density at radius 1 is 1.29 bits per heavy atom. The summed E-state index contributed by atoms with van der Waals surface area (Å²) in [5.74, 6) is -0.379. The van der Waals surface area contributed by atoms with Crippen LogP contribution in [0.5, 0.6) is 0 Å². The van der Waals surface area contributed by atoms with E-state index >= 15 is 0 Å². The lowest BCUT2D eigenvalue weighted by molar-refractivity contribution is -0.123. The van der Waals surface area contributed by atoms with Crippen molar-refractivity contribution in [3.05, 3.63) is 15.8 Å². The Hall–Kier alpha value is -0.960. The number of carbonyl (C=O) groups is 1. The molecule has 1 atom stereocenters. The molecule has 2 N–H and O–H groups in total. The van der Waals surface area contributed by atoms with Crippen molar-refractivity contribution in [2.45, 2.75) is 31.7 Å². The molecule has 1 amide bonds. The van der Waals surface area contributed by atoms with Gasteiger partial charge in [0.2, 0.25) is 15.9 Å². The highest BCUT2D eigenvalue weighted by Gasteiger charge is 2.32.